The lowest BCUT2D eigenvalue weighted by atomic mass is 9.82. The van der Waals surface area contributed by atoms with Crippen LogP contribution in [-0.4, -0.2) is 11.2 Å². The number of rotatable bonds is 1. The number of hydrogen-bond acceptors (Lipinski definition) is 1. The van der Waals surface area contributed by atoms with Gasteiger partial charge in [-0.25, -0.2) is 8.78 Å². The van der Waals surface area contributed by atoms with Crippen molar-refractivity contribution >= 4 is 0 Å². The Labute approximate surface area is 94.1 Å². The highest BCUT2D eigenvalue weighted by atomic mass is 19.2. The molecule has 2 unspecified atom stereocenters. The highest BCUT2D eigenvalue weighted by Crippen LogP contribution is 2.35. The minimum Gasteiger partial charge on any atom is -0.393 e. The maximum Gasteiger partial charge on any atom is 0.162 e. The number of benzene rings is 1. The fraction of sp³-hybridized carbons (Fsp3) is 0.538. The number of halogens is 2. The van der Waals surface area contributed by atoms with Crippen molar-refractivity contribution in [3.8, 4) is 0 Å². The summed E-state index contributed by atoms with van der Waals surface area (Å²) in [7, 11) is 0. The maximum atomic E-state index is 13.7. The topological polar surface area (TPSA) is 20.2 Å². The van der Waals surface area contributed by atoms with Crippen LogP contribution in [0.25, 0.3) is 0 Å². The van der Waals surface area contributed by atoms with E-state index >= 15 is 0 Å². The van der Waals surface area contributed by atoms with E-state index in [0.29, 0.717) is 17.5 Å². The molecule has 88 valence electrons. The van der Waals surface area contributed by atoms with Crippen molar-refractivity contribution in [2.75, 3.05) is 0 Å². The first kappa shape index (κ1) is 11.5. The van der Waals surface area contributed by atoms with Crippen molar-refractivity contribution in [3.63, 3.8) is 0 Å². The first-order valence-electron chi connectivity index (χ1n) is 5.72. The molecule has 1 nitrogen and oxygen atoms in total. The van der Waals surface area contributed by atoms with Crippen LogP contribution in [0.1, 0.15) is 42.7 Å². The number of aryl methyl sites for hydroxylation is 1. The van der Waals surface area contributed by atoms with E-state index in [4.69, 9.17) is 0 Å². The van der Waals surface area contributed by atoms with Crippen molar-refractivity contribution in [3.05, 3.63) is 34.9 Å². The molecule has 3 heteroatoms. The van der Waals surface area contributed by atoms with Gasteiger partial charge in [-0.15, -0.1) is 0 Å². The molecule has 16 heavy (non-hydrogen) atoms. The van der Waals surface area contributed by atoms with Crippen molar-refractivity contribution < 1.29 is 13.9 Å². The van der Waals surface area contributed by atoms with Gasteiger partial charge in [-0.2, -0.15) is 0 Å². The van der Waals surface area contributed by atoms with Crippen molar-refractivity contribution in [2.24, 2.45) is 0 Å². The average molecular weight is 226 g/mol. The molecule has 0 aromatic heterocycles. The van der Waals surface area contributed by atoms with Gasteiger partial charge in [0.2, 0.25) is 0 Å². The Morgan fingerprint density at radius 2 is 1.94 bits per heavy atom. The third-order valence-corrected chi connectivity index (χ3v) is 3.39. The standard InChI is InChI=1S/C13H16F2O/c1-8-5-6-11(13(15)12(8)14)9-3-2-4-10(16)7-9/h5-6,9-10,16H,2-4,7H2,1H3. The van der Waals surface area contributed by atoms with Crippen LogP contribution in [0, 0.1) is 18.6 Å². The minimum atomic E-state index is -0.752. The summed E-state index contributed by atoms with van der Waals surface area (Å²) < 4.78 is 27.1. The summed E-state index contributed by atoms with van der Waals surface area (Å²) in [6.45, 7) is 1.55. The van der Waals surface area contributed by atoms with Gasteiger partial charge in [-0.05, 0) is 43.2 Å². The molecule has 0 aliphatic heterocycles. The summed E-state index contributed by atoms with van der Waals surface area (Å²) in [5.74, 6) is -1.53. The number of hydrogen-bond donors (Lipinski definition) is 1. The Hall–Kier alpha value is -0.960. The molecule has 0 saturated heterocycles. The predicted octanol–water partition coefficient (Wildman–Crippen LogP) is 3.29. The summed E-state index contributed by atoms with van der Waals surface area (Å²) in [4.78, 5) is 0. The highest BCUT2D eigenvalue weighted by molar-refractivity contribution is 5.28. The van der Waals surface area contributed by atoms with E-state index in [0.717, 1.165) is 19.3 Å². The van der Waals surface area contributed by atoms with Crippen LogP contribution in [0.5, 0.6) is 0 Å². The molecule has 1 aromatic carbocycles. The van der Waals surface area contributed by atoms with Gasteiger partial charge in [-0.3, -0.25) is 0 Å². The Morgan fingerprint density at radius 3 is 2.62 bits per heavy atom. The average Bonchev–Trinajstić information content (AvgIpc) is 2.26. The second-order valence-electron chi connectivity index (χ2n) is 4.62. The summed E-state index contributed by atoms with van der Waals surface area (Å²) in [6.07, 6.45) is 2.64. The summed E-state index contributed by atoms with van der Waals surface area (Å²) >= 11 is 0. The van der Waals surface area contributed by atoms with Gasteiger partial charge in [0.1, 0.15) is 0 Å². The van der Waals surface area contributed by atoms with Crippen LogP contribution in [0.4, 0.5) is 8.78 Å². The molecule has 1 fully saturated rings. The molecule has 0 amide bonds. The molecule has 0 radical (unpaired) electrons. The van der Waals surface area contributed by atoms with E-state index in [9.17, 15) is 13.9 Å². The normalized spacial score (nSPS) is 25.8. The smallest absolute Gasteiger partial charge is 0.162 e. The van der Waals surface area contributed by atoms with Crippen LogP contribution in [0.2, 0.25) is 0 Å². The van der Waals surface area contributed by atoms with Crippen LogP contribution in [0.15, 0.2) is 12.1 Å². The molecule has 1 aromatic rings. The highest BCUT2D eigenvalue weighted by Gasteiger charge is 2.25. The Balaban J connectivity index is 2.29. The number of aliphatic hydroxyl groups excluding tert-OH is 1. The van der Waals surface area contributed by atoms with Crippen molar-refractivity contribution in [2.45, 2.75) is 44.6 Å². The maximum absolute atomic E-state index is 13.7. The predicted molar refractivity (Wildman–Crippen MR) is 58.3 cm³/mol. The van der Waals surface area contributed by atoms with Crippen LogP contribution >= 0.6 is 0 Å². The first-order valence-corrected chi connectivity index (χ1v) is 5.72. The van der Waals surface area contributed by atoms with Gasteiger partial charge in [0.15, 0.2) is 11.6 Å². The van der Waals surface area contributed by atoms with Gasteiger partial charge >= 0.3 is 0 Å². The molecule has 2 atom stereocenters. The molecule has 0 spiro atoms. The molecule has 1 N–H and O–H groups in total. The van der Waals surface area contributed by atoms with E-state index < -0.39 is 11.6 Å². The molecule has 0 bridgehead atoms. The molecular weight excluding hydrogens is 210 g/mol. The quantitative estimate of drug-likeness (QED) is 0.779. The Bertz CT molecular complexity index is 390. The van der Waals surface area contributed by atoms with Gasteiger partial charge < -0.3 is 5.11 Å². The Kier molecular flexibility index (Phi) is 3.24. The third kappa shape index (κ3) is 2.09. The third-order valence-electron chi connectivity index (χ3n) is 3.39. The molecule has 1 aliphatic rings. The van der Waals surface area contributed by atoms with Crippen LogP contribution in [-0.2, 0) is 0 Å². The van der Waals surface area contributed by atoms with E-state index in [-0.39, 0.29) is 12.0 Å². The monoisotopic (exact) mass is 226 g/mol. The van der Waals surface area contributed by atoms with E-state index in [2.05, 4.69) is 0 Å². The second-order valence-corrected chi connectivity index (χ2v) is 4.62. The van der Waals surface area contributed by atoms with E-state index in [1.54, 1.807) is 19.1 Å². The van der Waals surface area contributed by atoms with Crippen molar-refractivity contribution in [1.82, 2.24) is 0 Å². The number of aliphatic hydroxyl groups is 1. The van der Waals surface area contributed by atoms with Gasteiger partial charge in [0.25, 0.3) is 0 Å². The zero-order valence-corrected chi connectivity index (χ0v) is 9.34. The molecule has 1 saturated carbocycles. The van der Waals surface area contributed by atoms with Crippen molar-refractivity contribution in [1.29, 1.82) is 0 Å². The first-order chi connectivity index (χ1) is 7.59. The minimum absolute atomic E-state index is 0.0427. The van der Waals surface area contributed by atoms with Gasteiger partial charge in [0.05, 0.1) is 6.10 Å². The summed E-state index contributed by atoms with van der Waals surface area (Å²) in [5.41, 5.74) is 0.749. The fourth-order valence-corrected chi connectivity index (χ4v) is 2.42. The van der Waals surface area contributed by atoms with E-state index in [1.165, 1.54) is 0 Å². The van der Waals surface area contributed by atoms with Crippen LogP contribution in [0.3, 0.4) is 0 Å². The lowest BCUT2D eigenvalue weighted by molar-refractivity contribution is 0.118. The fourth-order valence-electron chi connectivity index (χ4n) is 2.42. The SMILES string of the molecule is Cc1ccc(C2CCCC(O)C2)c(F)c1F. The van der Waals surface area contributed by atoms with Gasteiger partial charge in [-0.1, -0.05) is 18.6 Å². The van der Waals surface area contributed by atoms with Crippen LogP contribution < -0.4 is 0 Å². The summed E-state index contributed by atoms with van der Waals surface area (Å²) in [5, 5.41) is 9.54. The summed E-state index contributed by atoms with van der Waals surface area (Å²) in [6, 6.07) is 3.26. The second kappa shape index (κ2) is 4.50. The molecule has 1 aliphatic carbocycles. The van der Waals surface area contributed by atoms with E-state index in [1.807, 2.05) is 0 Å². The molecular formula is C13H16F2O. The van der Waals surface area contributed by atoms with Gasteiger partial charge in [0, 0.05) is 0 Å². The largest absolute Gasteiger partial charge is 0.393 e. The Morgan fingerprint density at radius 1 is 1.19 bits per heavy atom. The lowest BCUT2D eigenvalue weighted by Gasteiger charge is -2.26. The zero-order valence-electron chi connectivity index (χ0n) is 9.34. The lowest BCUT2D eigenvalue weighted by Crippen LogP contribution is -2.19. The zero-order chi connectivity index (χ0) is 11.7. The molecule has 0 heterocycles. The molecule has 2 rings (SSSR count).